The van der Waals surface area contributed by atoms with Gasteiger partial charge in [-0.25, -0.2) is 0 Å². The van der Waals surface area contributed by atoms with Gasteiger partial charge in [-0.1, -0.05) is 219 Å². The van der Waals surface area contributed by atoms with E-state index in [1.54, 1.807) is 0 Å². The summed E-state index contributed by atoms with van der Waals surface area (Å²) in [5, 5.41) is 0. The van der Waals surface area contributed by atoms with Gasteiger partial charge < -0.3 is 4.74 Å². The summed E-state index contributed by atoms with van der Waals surface area (Å²) in [6.45, 7) is 4.56. The predicted octanol–water partition coefficient (Wildman–Crippen LogP) is 15.5. The molecular formula is C44H84O3. The van der Waals surface area contributed by atoms with Crippen LogP contribution in [0.2, 0.25) is 0 Å². The first kappa shape index (κ1) is 45.9. The molecule has 0 aliphatic rings. The van der Waals surface area contributed by atoms with Gasteiger partial charge in [0.05, 0.1) is 0 Å². The van der Waals surface area contributed by atoms with E-state index in [0.717, 1.165) is 32.1 Å². The van der Waals surface area contributed by atoms with Crippen LogP contribution in [0.3, 0.4) is 0 Å². The smallest absolute Gasteiger partial charge is 0.313 e. The molecule has 0 saturated carbocycles. The molecule has 0 amide bonds. The zero-order valence-electron chi connectivity index (χ0n) is 32.2. The maximum absolute atomic E-state index is 12.0. The summed E-state index contributed by atoms with van der Waals surface area (Å²) >= 11 is 0. The highest BCUT2D eigenvalue weighted by atomic mass is 16.6. The van der Waals surface area contributed by atoms with Crippen LogP contribution in [-0.2, 0) is 14.3 Å². The number of unbranched alkanes of at least 4 members (excludes halogenated alkanes) is 33. The van der Waals surface area contributed by atoms with E-state index in [-0.39, 0.29) is 11.9 Å². The lowest BCUT2D eigenvalue weighted by molar-refractivity contribution is -0.159. The minimum Gasteiger partial charge on any atom is -0.393 e. The average molecular weight is 661 g/mol. The SMILES string of the molecule is CCCCCCCC/C=C\CCCCCCCC(=O)OC(=O)CCCCCCCCCCCCCCCCCCCCCCCCC. The minimum absolute atomic E-state index is 0.328. The summed E-state index contributed by atoms with van der Waals surface area (Å²) in [6, 6.07) is 0. The van der Waals surface area contributed by atoms with Crippen molar-refractivity contribution >= 4 is 11.9 Å². The van der Waals surface area contributed by atoms with Crippen LogP contribution in [0.4, 0.5) is 0 Å². The molecule has 0 aliphatic carbocycles. The number of rotatable bonds is 39. The summed E-state index contributed by atoms with van der Waals surface area (Å²) in [6.07, 6.45) is 53.0. The van der Waals surface area contributed by atoms with Crippen LogP contribution >= 0.6 is 0 Å². The number of carbonyl (C=O) groups is 2. The largest absolute Gasteiger partial charge is 0.393 e. The van der Waals surface area contributed by atoms with E-state index >= 15 is 0 Å². The Morgan fingerprint density at radius 1 is 0.319 bits per heavy atom. The zero-order chi connectivity index (χ0) is 34.1. The molecule has 0 N–H and O–H groups in total. The van der Waals surface area contributed by atoms with Crippen LogP contribution in [0.15, 0.2) is 12.2 Å². The number of ether oxygens (including phenoxy) is 1. The molecular weight excluding hydrogens is 576 g/mol. The first-order chi connectivity index (χ1) is 23.2. The number of hydrogen-bond acceptors (Lipinski definition) is 3. The molecule has 0 aromatic carbocycles. The Balaban J connectivity index is 3.27. The van der Waals surface area contributed by atoms with Crippen molar-refractivity contribution in [1.29, 1.82) is 0 Å². The molecule has 0 unspecified atom stereocenters. The third-order valence-electron chi connectivity index (χ3n) is 9.85. The van der Waals surface area contributed by atoms with Gasteiger partial charge in [-0.05, 0) is 38.5 Å². The van der Waals surface area contributed by atoms with E-state index in [4.69, 9.17) is 4.74 Å². The van der Waals surface area contributed by atoms with Gasteiger partial charge in [0.2, 0.25) is 0 Å². The lowest BCUT2D eigenvalue weighted by atomic mass is 10.0. The van der Waals surface area contributed by atoms with Crippen LogP contribution in [0.25, 0.3) is 0 Å². The fourth-order valence-electron chi connectivity index (χ4n) is 6.62. The second kappa shape index (κ2) is 41.1. The average Bonchev–Trinajstić information content (AvgIpc) is 3.06. The minimum atomic E-state index is -0.332. The first-order valence-electron chi connectivity index (χ1n) is 21.6. The number of esters is 2. The molecule has 0 rings (SSSR count). The van der Waals surface area contributed by atoms with Gasteiger partial charge in [-0.2, -0.15) is 0 Å². The van der Waals surface area contributed by atoms with Crippen molar-refractivity contribution in [2.45, 2.75) is 258 Å². The summed E-state index contributed by atoms with van der Waals surface area (Å²) in [4.78, 5) is 23.9. The second-order valence-corrected chi connectivity index (χ2v) is 14.7. The van der Waals surface area contributed by atoms with Crippen LogP contribution in [0.1, 0.15) is 258 Å². The Hall–Kier alpha value is -1.12. The molecule has 0 bridgehead atoms. The van der Waals surface area contributed by atoms with Gasteiger partial charge in [-0.3, -0.25) is 9.59 Å². The van der Waals surface area contributed by atoms with Crippen molar-refractivity contribution in [3.63, 3.8) is 0 Å². The summed E-state index contributed by atoms with van der Waals surface area (Å²) in [5.74, 6) is -0.659. The standard InChI is InChI=1S/C44H84O3/c1-3-5-7-9-11-13-15-17-19-20-21-22-23-24-25-26-28-30-32-34-36-38-40-42-44(46)47-43(45)41-39-37-35-33-31-29-27-18-16-14-12-10-8-6-4-2/h18,27H,3-17,19-26,28-42H2,1-2H3/b27-18-. The van der Waals surface area contributed by atoms with E-state index in [0.29, 0.717) is 12.8 Å². The Kier molecular flexibility index (Phi) is 40.1. The van der Waals surface area contributed by atoms with Crippen molar-refractivity contribution in [3.8, 4) is 0 Å². The maximum atomic E-state index is 12.0. The molecule has 278 valence electrons. The highest BCUT2D eigenvalue weighted by molar-refractivity contribution is 5.85. The van der Waals surface area contributed by atoms with Gasteiger partial charge in [0, 0.05) is 12.8 Å². The lowest BCUT2D eigenvalue weighted by Crippen LogP contribution is -2.11. The van der Waals surface area contributed by atoms with Crippen molar-refractivity contribution in [2.75, 3.05) is 0 Å². The van der Waals surface area contributed by atoms with Crippen molar-refractivity contribution in [3.05, 3.63) is 12.2 Å². The Morgan fingerprint density at radius 2 is 0.532 bits per heavy atom. The Bertz CT molecular complexity index is 655. The monoisotopic (exact) mass is 661 g/mol. The molecule has 3 heteroatoms. The lowest BCUT2D eigenvalue weighted by Gasteiger charge is -2.05. The first-order valence-corrected chi connectivity index (χ1v) is 21.6. The highest BCUT2D eigenvalue weighted by Crippen LogP contribution is 2.16. The third-order valence-corrected chi connectivity index (χ3v) is 9.85. The fourth-order valence-corrected chi connectivity index (χ4v) is 6.62. The van der Waals surface area contributed by atoms with E-state index in [9.17, 15) is 9.59 Å². The summed E-state index contributed by atoms with van der Waals surface area (Å²) < 4.78 is 5.03. The van der Waals surface area contributed by atoms with Gasteiger partial charge in [0.1, 0.15) is 0 Å². The molecule has 0 aromatic heterocycles. The zero-order valence-corrected chi connectivity index (χ0v) is 32.2. The molecule has 47 heavy (non-hydrogen) atoms. The van der Waals surface area contributed by atoms with Gasteiger partial charge in [-0.15, -0.1) is 0 Å². The van der Waals surface area contributed by atoms with E-state index in [1.807, 2.05) is 0 Å². The van der Waals surface area contributed by atoms with E-state index in [1.165, 1.54) is 199 Å². The molecule has 3 nitrogen and oxygen atoms in total. The number of carbonyl (C=O) groups excluding carboxylic acids is 2. The summed E-state index contributed by atoms with van der Waals surface area (Å²) in [7, 11) is 0. The van der Waals surface area contributed by atoms with E-state index < -0.39 is 0 Å². The van der Waals surface area contributed by atoms with Gasteiger partial charge >= 0.3 is 11.9 Å². The molecule has 0 saturated heterocycles. The number of allylic oxidation sites excluding steroid dienone is 2. The number of hydrogen-bond donors (Lipinski definition) is 0. The molecule has 0 heterocycles. The van der Waals surface area contributed by atoms with Crippen molar-refractivity contribution in [1.82, 2.24) is 0 Å². The molecule has 0 spiro atoms. The molecule has 0 radical (unpaired) electrons. The van der Waals surface area contributed by atoms with Crippen LogP contribution in [0.5, 0.6) is 0 Å². The third kappa shape index (κ3) is 41.0. The Labute approximate surface area is 295 Å². The summed E-state index contributed by atoms with van der Waals surface area (Å²) in [5.41, 5.74) is 0. The quantitative estimate of drug-likeness (QED) is 0.0285. The molecule has 0 atom stereocenters. The highest BCUT2D eigenvalue weighted by Gasteiger charge is 2.10. The second-order valence-electron chi connectivity index (χ2n) is 14.7. The Morgan fingerprint density at radius 3 is 0.787 bits per heavy atom. The normalized spacial score (nSPS) is 11.5. The topological polar surface area (TPSA) is 43.4 Å². The molecule has 0 fully saturated rings. The van der Waals surface area contributed by atoms with Crippen LogP contribution < -0.4 is 0 Å². The van der Waals surface area contributed by atoms with Crippen LogP contribution in [0, 0.1) is 0 Å². The fraction of sp³-hybridized carbons (Fsp3) is 0.909. The van der Waals surface area contributed by atoms with Gasteiger partial charge in [0.25, 0.3) is 0 Å². The van der Waals surface area contributed by atoms with Crippen molar-refractivity contribution < 1.29 is 14.3 Å². The maximum Gasteiger partial charge on any atom is 0.313 e. The van der Waals surface area contributed by atoms with Crippen LogP contribution in [-0.4, -0.2) is 11.9 Å². The predicted molar refractivity (Wildman–Crippen MR) is 207 cm³/mol. The van der Waals surface area contributed by atoms with Crippen molar-refractivity contribution in [2.24, 2.45) is 0 Å². The molecule has 0 aliphatic heterocycles. The molecule has 0 aromatic rings. The van der Waals surface area contributed by atoms with Gasteiger partial charge in [0.15, 0.2) is 0 Å². The van der Waals surface area contributed by atoms with E-state index in [2.05, 4.69) is 26.0 Å².